The summed E-state index contributed by atoms with van der Waals surface area (Å²) in [6.07, 6.45) is 4.32. The molecule has 0 bridgehead atoms. The van der Waals surface area contributed by atoms with Gasteiger partial charge in [0.1, 0.15) is 11.2 Å². The Hall–Kier alpha value is -3.08. The molecule has 5 rings (SSSR count). The number of para-hydroxylation sites is 1. The summed E-state index contributed by atoms with van der Waals surface area (Å²) in [5.74, 6) is -0.211. The molecule has 5 nitrogen and oxygen atoms in total. The van der Waals surface area contributed by atoms with E-state index in [9.17, 15) is 9.59 Å². The van der Waals surface area contributed by atoms with Crippen molar-refractivity contribution in [1.82, 2.24) is 9.88 Å². The van der Waals surface area contributed by atoms with Gasteiger partial charge in [0.25, 0.3) is 5.91 Å². The first-order chi connectivity index (χ1) is 14.5. The van der Waals surface area contributed by atoms with Gasteiger partial charge in [-0.2, -0.15) is 0 Å². The van der Waals surface area contributed by atoms with E-state index in [1.165, 1.54) is 0 Å². The number of carbonyl (C=O) groups excluding carboxylic acids is 2. The number of aryl methyl sites for hydroxylation is 1. The first-order valence-electron chi connectivity index (χ1n) is 10.8. The van der Waals surface area contributed by atoms with Crippen LogP contribution in [0.1, 0.15) is 48.7 Å². The third kappa shape index (κ3) is 2.92. The molecule has 1 aromatic heterocycles. The SMILES string of the molecule is Cc1ccc(N2C(=O)c3cc4ccccc4n3C[C@@]2(C)C(=O)NC2CCCC2)cc1. The standard InChI is InChI=1S/C25H27N3O2/c1-17-11-13-20(14-12-17)28-23(29)22-15-18-7-3-6-10-21(18)27(22)16-25(28,2)24(30)26-19-8-4-5-9-19/h3,6-7,10-15,19H,4-5,8-9,16H2,1-2H3,(H,26,30)/t25-/m0/s1. The van der Waals surface area contributed by atoms with Crippen LogP contribution in [0, 0.1) is 6.92 Å². The number of rotatable bonds is 3. The van der Waals surface area contributed by atoms with Gasteiger partial charge in [-0.3, -0.25) is 14.5 Å². The third-order valence-electron chi connectivity index (χ3n) is 6.66. The van der Waals surface area contributed by atoms with Crippen LogP contribution < -0.4 is 10.2 Å². The minimum atomic E-state index is -1.01. The van der Waals surface area contributed by atoms with E-state index in [2.05, 4.69) is 5.32 Å². The number of aromatic nitrogens is 1. The highest BCUT2D eigenvalue weighted by Crippen LogP contribution is 2.36. The number of benzene rings is 2. The minimum absolute atomic E-state index is 0.0771. The number of nitrogens with zero attached hydrogens (tertiary/aromatic N) is 2. The van der Waals surface area contributed by atoms with E-state index in [1.54, 1.807) is 4.90 Å². The third-order valence-corrected chi connectivity index (χ3v) is 6.66. The number of amides is 2. The van der Waals surface area contributed by atoms with Gasteiger partial charge in [0, 0.05) is 22.6 Å². The summed E-state index contributed by atoms with van der Waals surface area (Å²) in [6, 6.07) is 18.0. The fraction of sp³-hybridized carbons (Fsp3) is 0.360. The van der Waals surface area contributed by atoms with Crippen LogP contribution in [0.3, 0.4) is 0 Å². The van der Waals surface area contributed by atoms with Gasteiger partial charge in [0.15, 0.2) is 0 Å². The van der Waals surface area contributed by atoms with Crippen LogP contribution in [-0.4, -0.2) is 28.0 Å². The molecular weight excluding hydrogens is 374 g/mol. The van der Waals surface area contributed by atoms with E-state index in [1.807, 2.05) is 73.0 Å². The van der Waals surface area contributed by atoms with Crippen LogP contribution in [0.5, 0.6) is 0 Å². The molecule has 3 aromatic rings. The number of hydrogen-bond acceptors (Lipinski definition) is 2. The van der Waals surface area contributed by atoms with Gasteiger partial charge in [-0.15, -0.1) is 0 Å². The van der Waals surface area contributed by atoms with Crippen LogP contribution in [0.15, 0.2) is 54.6 Å². The summed E-state index contributed by atoms with van der Waals surface area (Å²) in [5.41, 5.74) is 2.48. The first-order valence-corrected chi connectivity index (χ1v) is 10.8. The van der Waals surface area contributed by atoms with Crippen molar-refractivity contribution in [3.63, 3.8) is 0 Å². The van der Waals surface area contributed by atoms with Crippen LogP contribution in [0.25, 0.3) is 10.9 Å². The van der Waals surface area contributed by atoms with Gasteiger partial charge in [-0.05, 0) is 51.0 Å². The highest BCUT2D eigenvalue weighted by atomic mass is 16.2. The predicted molar refractivity (Wildman–Crippen MR) is 119 cm³/mol. The Morgan fingerprint density at radius 2 is 1.77 bits per heavy atom. The summed E-state index contributed by atoms with van der Waals surface area (Å²) < 4.78 is 2.01. The van der Waals surface area contributed by atoms with Crippen molar-refractivity contribution in [1.29, 1.82) is 0 Å². The molecule has 0 unspecified atom stereocenters. The second kappa shape index (κ2) is 7.01. The van der Waals surface area contributed by atoms with Crippen molar-refractivity contribution in [3.05, 3.63) is 65.9 Å². The van der Waals surface area contributed by atoms with Gasteiger partial charge in [-0.25, -0.2) is 0 Å². The lowest BCUT2D eigenvalue weighted by Crippen LogP contribution is -2.65. The maximum Gasteiger partial charge on any atom is 0.275 e. The molecule has 0 spiro atoms. The molecule has 2 heterocycles. The predicted octanol–water partition coefficient (Wildman–Crippen LogP) is 4.43. The minimum Gasteiger partial charge on any atom is -0.351 e. The summed E-state index contributed by atoms with van der Waals surface area (Å²) in [5, 5.41) is 4.26. The largest absolute Gasteiger partial charge is 0.351 e. The maximum absolute atomic E-state index is 13.8. The summed E-state index contributed by atoms with van der Waals surface area (Å²) in [4.78, 5) is 29.1. The molecule has 5 heteroatoms. The smallest absolute Gasteiger partial charge is 0.275 e. The molecule has 1 saturated carbocycles. The molecule has 0 radical (unpaired) electrons. The van der Waals surface area contributed by atoms with Crippen molar-refractivity contribution >= 4 is 28.4 Å². The van der Waals surface area contributed by atoms with Gasteiger partial charge >= 0.3 is 0 Å². The molecule has 0 saturated heterocycles. The Balaban J connectivity index is 1.63. The Bertz CT molecular complexity index is 1130. The Morgan fingerprint density at radius 1 is 1.07 bits per heavy atom. The monoisotopic (exact) mass is 401 g/mol. The average molecular weight is 402 g/mol. The molecule has 1 atom stereocenters. The van der Waals surface area contributed by atoms with Crippen molar-refractivity contribution in [3.8, 4) is 0 Å². The van der Waals surface area contributed by atoms with Gasteiger partial charge < -0.3 is 9.88 Å². The summed E-state index contributed by atoms with van der Waals surface area (Å²) in [7, 11) is 0. The quantitative estimate of drug-likeness (QED) is 0.706. The van der Waals surface area contributed by atoms with E-state index in [-0.39, 0.29) is 17.9 Å². The molecule has 1 aliphatic carbocycles. The zero-order chi connectivity index (χ0) is 20.9. The van der Waals surface area contributed by atoms with Crippen LogP contribution >= 0.6 is 0 Å². The number of anilines is 1. The number of fused-ring (bicyclic) bond motifs is 3. The highest BCUT2D eigenvalue weighted by molar-refractivity contribution is 6.14. The second-order valence-corrected chi connectivity index (χ2v) is 8.88. The van der Waals surface area contributed by atoms with Crippen molar-refractivity contribution in [2.24, 2.45) is 0 Å². The zero-order valence-electron chi connectivity index (χ0n) is 17.5. The Labute approximate surface area is 176 Å². The summed E-state index contributed by atoms with van der Waals surface area (Å²) in [6.45, 7) is 4.34. The molecule has 2 amide bonds. The van der Waals surface area contributed by atoms with E-state index >= 15 is 0 Å². The molecule has 1 aliphatic heterocycles. The van der Waals surface area contributed by atoms with E-state index in [4.69, 9.17) is 0 Å². The van der Waals surface area contributed by atoms with Crippen molar-refractivity contribution in [2.45, 2.75) is 57.7 Å². The topological polar surface area (TPSA) is 54.3 Å². The van der Waals surface area contributed by atoms with Gasteiger partial charge in [-0.1, -0.05) is 48.7 Å². The Morgan fingerprint density at radius 3 is 2.50 bits per heavy atom. The Kier molecular flexibility index (Phi) is 4.42. The lowest BCUT2D eigenvalue weighted by molar-refractivity contribution is -0.127. The van der Waals surface area contributed by atoms with E-state index in [0.717, 1.165) is 47.8 Å². The average Bonchev–Trinajstić information content (AvgIpc) is 3.37. The fourth-order valence-electron chi connectivity index (χ4n) is 4.96. The lowest BCUT2D eigenvalue weighted by Gasteiger charge is -2.44. The highest BCUT2D eigenvalue weighted by Gasteiger charge is 2.49. The van der Waals surface area contributed by atoms with Gasteiger partial charge in [0.05, 0.1) is 6.54 Å². The zero-order valence-corrected chi connectivity index (χ0v) is 17.5. The molecule has 2 aliphatic rings. The van der Waals surface area contributed by atoms with Gasteiger partial charge in [0.2, 0.25) is 5.91 Å². The molecule has 30 heavy (non-hydrogen) atoms. The molecule has 1 N–H and O–H groups in total. The number of hydrogen-bond donors (Lipinski definition) is 1. The summed E-state index contributed by atoms with van der Waals surface area (Å²) >= 11 is 0. The molecule has 2 aromatic carbocycles. The van der Waals surface area contributed by atoms with E-state index < -0.39 is 5.54 Å². The van der Waals surface area contributed by atoms with Crippen LogP contribution in [-0.2, 0) is 11.3 Å². The number of carbonyl (C=O) groups is 2. The van der Waals surface area contributed by atoms with Crippen LogP contribution in [0.4, 0.5) is 5.69 Å². The normalized spacial score (nSPS) is 21.8. The van der Waals surface area contributed by atoms with Crippen molar-refractivity contribution < 1.29 is 9.59 Å². The van der Waals surface area contributed by atoms with Crippen molar-refractivity contribution in [2.75, 3.05) is 4.90 Å². The second-order valence-electron chi connectivity index (χ2n) is 8.88. The van der Waals surface area contributed by atoms with E-state index in [0.29, 0.717) is 12.2 Å². The number of nitrogens with one attached hydrogen (secondary N) is 1. The molecule has 154 valence electrons. The maximum atomic E-state index is 13.8. The first kappa shape index (κ1) is 18.9. The fourth-order valence-corrected chi connectivity index (χ4v) is 4.96. The molecular formula is C25H27N3O2. The lowest BCUT2D eigenvalue weighted by atomic mass is 9.93. The van der Waals surface area contributed by atoms with Crippen LogP contribution in [0.2, 0.25) is 0 Å². The molecule has 1 fully saturated rings.